The molecule has 0 aliphatic rings. The summed E-state index contributed by atoms with van der Waals surface area (Å²) in [5, 5.41) is 6.17. The molecule has 3 rings (SSSR count). The van der Waals surface area contributed by atoms with Crippen molar-refractivity contribution in [2.24, 2.45) is 0 Å². The van der Waals surface area contributed by atoms with Crippen molar-refractivity contribution in [2.75, 3.05) is 13.1 Å². The Hall–Kier alpha value is -2.33. The molecule has 138 valence electrons. The molecule has 3 aromatic rings. The van der Waals surface area contributed by atoms with Crippen molar-refractivity contribution >= 4 is 27.6 Å². The van der Waals surface area contributed by atoms with Crippen molar-refractivity contribution < 1.29 is 9.21 Å². The summed E-state index contributed by atoms with van der Waals surface area (Å²) < 4.78 is 6.00. The van der Waals surface area contributed by atoms with Gasteiger partial charge in [0.15, 0.2) is 5.76 Å². The van der Waals surface area contributed by atoms with Gasteiger partial charge in [-0.05, 0) is 40.0 Å². The maximum absolute atomic E-state index is 12.7. The number of carbonyl (C=O) groups is 1. The summed E-state index contributed by atoms with van der Waals surface area (Å²) in [6.45, 7) is 12.1. The number of nitrogens with one attached hydrogen (secondary N) is 1. The first kappa shape index (κ1) is 18.5. The molecule has 1 aromatic heterocycles. The molecule has 26 heavy (non-hydrogen) atoms. The van der Waals surface area contributed by atoms with Crippen LogP contribution in [0.2, 0.25) is 0 Å². The zero-order valence-corrected chi connectivity index (χ0v) is 16.3. The SMILES string of the molecule is Cc1c(C(=O)NCCN(C(C)C)C(C)C)oc2c1ccc1ccccc12. The minimum atomic E-state index is -0.143. The Balaban J connectivity index is 1.80. The van der Waals surface area contributed by atoms with Gasteiger partial charge in [0.2, 0.25) is 0 Å². The molecule has 4 heteroatoms. The van der Waals surface area contributed by atoms with Crippen LogP contribution in [0.15, 0.2) is 40.8 Å². The van der Waals surface area contributed by atoms with E-state index < -0.39 is 0 Å². The second kappa shape index (κ2) is 7.50. The van der Waals surface area contributed by atoms with Crippen molar-refractivity contribution in [3.8, 4) is 0 Å². The molecule has 0 aliphatic carbocycles. The predicted octanol–water partition coefficient (Wildman–Crippen LogP) is 4.74. The van der Waals surface area contributed by atoms with Gasteiger partial charge >= 0.3 is 0 Å². The molecule has 0 saturated heterocycles. The molecule has 0 radical (unpaired) electrons. The molecule has 0 aliphatic heterocycles. The number of hydrogen-bond donors (Lipinski definition) is 1. The number of furan rings is 1. The van der Waals surface area contributed by atoms with E-state index in [4.69, 9.17) is 4.42 Å². The Morgan fingerprint density at radius 3 is 2.42 bits per heavy atom. The number of aryl methyl sites for hydroxylation is 1. The summed E-state index contributed by atoms with van der Waals surface area (Å²) in [5.41, 5.74) is 1.68. The zero-order valence-electron chi connectivity index (χ0n) is 16.3. The van der Waals surface area contributed by atoms with Gasteiger partial charge in [0.25, 0.3) is 5.91 Å². The van der Waals surface area contributed by atoms with E-state index in [0.29, 0.717) is 24.4 Å². The number of rotatable bonds is 6. The standard InChI is InChI=1S/C22H28N2O2/c1-14(2)24(15(3)4)13-12-23-22(25)20-16(5)18-11-10-17-8-6-7-9-19(17)21(18)26-20/h6-11,14-15H,12-13H2,1-5H3,(H,23,25). The molecule has 1 heterocycles. The lowest BCUT2D eigenvalue weighted by Crippen LogP contribution is -2.42. The van der Waals surface area contributed by atoms with Crippen molar-refractivity contribution in [1.29, 1.82) is 0 Å². The normalized spacial score (nSPS) is 12.0. The van der Waals surface area contributed by atoms with Crippen LogP contribution in [0.25, 0.3) is 21.7 Å². The predicted molar refractivity (Wildman–Crippen MR) is 108 cm³/mol. The third-order valence-electron chi connectivity index (χ3n) is 5.02. The van der Waals surface area contributed by atoms with Crippen molar-refractivity contribution in [2.45, 2.75) is 46.7 Å². The van der Waals surface area contributed by atoms with E-state index in [1.54, 1.807) is 0 Å². The summed E-state index contributed by atoms with van der Waals surface area (Å²) in [6, 6.07) is 13.1. The van der Waals surface area contributed by atoms with E-state index in [-0.39, 0.29) is 5.91 Å². The molecule has 0 spiro atoms. The Kier molecular flexibility index (Phi) is 5.33. The summed E-state index contributed by atoms with van der Waals surface area (Å²) >= 11 is 0. The number of hydrogen-bond acceptors (Lipinski definition) is 3. The molecular weight excluding hydrogens is 324 g/mol. The monoisotopic (exact) mass is 352 g/mol. The molecule has 2 aromatic carbocycles. The second-order valence-corrected chi connectivity index (χ2v) is 7.40. The van der Waals surface area contributed by atoms with Crippen molar-refractivity contribution in [3.05, 3.63) is 47.7 Å². The highest BCUT2D eigenvalue weighted by Gasteiger charge is 2.19. The largest absolute Gasteiger partial charge is 0.450 e. The smallest absolute Gasteiger partial charge is 0.287 e. The highest BCUT2D eigenvalue weighted by molar-refractivity contribution is 6.08. The third kappa shape index (κ3) is 3.47. The second-order valence-electron chi connectivity index (χ2n) is 7.40. The highest BCUT2D eigenvalue weighted by Crippen LogP contribution is 2.31. The van der Waals surface area contributed by atoms with Crippen molar-refractivity contribution in [3.63, 3.8) is 0 Å². The molecule has 0 bridgehead atoms. The van der Waals surface area contributed by atoms with Gasteiger partial charge < -0.3 is 9.73 Å². The Morgan fingerprint density at radius 2 is 1.73 bits per heavy atom. The molecule has 1 amide bonds. The van der Waals surface area contributed by atoms with Crippen LogP contribution >= 0.6 is 0 Å². The van der Waals surface area contributed by atoms with Crippen LogP contribution < -0.4 is 5.32 Å². The van der Waals surface area contributed by atoms with Gasteiger partial charge in [-0.25, -0.2) is 0 Å². The number of amides is 1. The fourth-order valence-electron chi connectivity index (χ4n) is 3.66. The van der Waals surface area contributed by atoms with E-state index in [0.717, 1.165) is 33.8 Å². The van der Waals surface area contributed by atoms with E-state index in [9.17, 15) is 4.79 Å². The lowest BCUT2D eigenvalue weighted by Gasteiger charge is -2.30. The number of fused-ring (bicyclic) bond motifs is 3. The first-order valence-electron chi connectivity index (χ1n) is 9.35. The van der Waals surface area contributed by atoms with Gasteiger partial charge in [-0.15, -0.1) is 0 Å². The van der Waals surface area contributed by atoms with Gasteiger partial charge in [0, 0.05) is 41.5 Å². The van der Waals surface area contributed by atoms with Gasteiger partial charge in [-0.2, -0.15) is 0 Å². The van der Waals surface area contributed by atoms with Gasteiger partial charge in [-0.3, -0.25) is 9.69 Å². The number of nitrogens with zero attached hydrogens (tertiary/aromatic N) is 1. The van der Waals surface area contributed by atoms with Crippen LogP contribution in [0.5, 0.6) is 0 Å². The highest BCUT2D eigenvalue weighted by atomic mass is 16.3. The summed E-state index contributed by atoms with van der Waals surface area (Å²) in [7, 11) is 0. The molecule has 1 N–H and O–H groups in total. The molecule has 0 saturated carbocycles. The molecule has 0 fully saturated rings. The summed E-state index contributed by atoms with van der Waals surface area (Å²) in [4.78, 5) is 15.0. The molecule has 0 atom stereocenters. The van der Waals surface area contributed by atoms with Gasteiger partial charge in [0.05, 0.1) is 0 Å². The van der Waals surface area contributed by atoms with Crippen LogP contribution in [0.4, 0.5) is 0 Å². The van der Waals surface area contributed by atoms with Crippen LogP contribution in [-0.4, -0.2) is 36.0 Å². The quantitative estimate of drug-likeness (QED) is 0.697. The number of carbonyl (C=O) groups excluding carboxylic acids is 1. The minimum Gasteiger partial charge on any atom is -0.450 e. The minimum absolute atomic E-state index is 0.143. The fraction of sp³-hybridized carbons (Fsp3) is 0.409. The molecule has 4 nitrogen and oxygen atoms in total. The van der Waals surface area contributed by atoms with Crippen LogP contribution in [0.3, 0.4) is 0 Å². The van der Waals surface area contributed by atoms with Crippen LogP contribution in [0.1, 0.15) is 43.8 Å². The Morgan fingerprint density at radius 1 is 1.04 bits per heavy atom. The first-order chi connectivity index (χ1) is 12.4. The molecular formula is C22H28N2O2. The average molecular weight is 352 g/mol. The fourth-order valence-corrected chi connectivity index (χ4v) is 3.66. The maximum Gasteiger partial charge on any atom is 0.287 e. The van der Waals surface area contributed by atoms with Gasteiger partial charge in [-0.1, -0.05) is 36.4 Å². The summed E-state index contributed by atoms with van der Waals surface area (Å²) in [6.07, 6.45) is 0. The van der Waals surface area contributed by atoms with Crippen LogP contribution in [0, 0.1) is 6.92 Å². The van der Waals surface area contributed by atoms with Crippen LogP contribution in [-0.2, 0) is 0 Å². The number of benzene rings is 2. The third-order valence-corrected chi connectivity index (χ3v) is 5.02. The lowest BCUT2D eigenvalue weighted by molar-refractivity contribution is 0.0913. The average Bonchev–Trinajstić information content (AvgIpc) is 2.95. The van der Waals surface area contributed by atoms with E-state index in [1.165, 1.54) is 0 Å². The summed E-state index contributed by atoms with van der Waals surface area (Å²) in [5.74, 6) is 0.271. The maximum atomic E-state index is 12.7. The van der Waals surface area contributed by atoms with E-state index in [2.05, 4.69) is 50.0 Å². The topological polar surface area (TPSA) is 45.5 Å². The van der Waals surface area contributed by atoms with Gasteiger partial charge in [0.1, 0.15) is 5.58 Å². The zero-order chi connectivity index (χ0) is 18.8. The van der Waals surface area contributed by atoms with Crippen molar-refractivity contribution in [1.82, 2.24) is 10.2 Å². The Bertz CT molecular complexity index is 916. The first-order valence-corrected chi connectivity index (χ1v) is 9.35. The van der Waals surface area contributed by atoms with E-state index >= 15 is 0 Å². The molecule has 0 unspecified atom stereocenters. The lowest BCUT2D eigenvalue weighted by atomic mass is 10.1. The van der Waals surface area contributed by atoms with E-state index in [1.807, 2.05) is 31.2 Å². The Labute approximate surface area is 155 Å².